The van der Waals surface area contributed by atoms with Gasteiger partial charge in [-0.2, -0.15) is 5.10 Å². The quantitative estimate of drug-likeness (QED) is 0.500. The van der Waals surface area contributed by atoms with E-state index in [1.165, 1.54) is 0 Å². The van der Waals surface area contributed by atoms with Crippen LogP contribution in [-0.2, 0) is 23.2 Å². The number of nitrogens with two attached hydrogens (primary N) is 1. The normalized spacial score (nSPS) is 11.6. The van der Waals surface area contributed by atoms with E-state index in [1.54, 1.807) is 24.0 Å². The Morgan fingerprint density at radius 2 is 2.21 bits per heavy atom. The Labute approximate surface area is 108 Å². The summed E-state index contributed by atoms with van der Waals surface area (Å²) in [6.45, 7) is 0.186. The summed E-state index contributed by atoms with van der Waals surface area (Å²) in [5.74, 6) is -2.13. The van der Waals surface area contributed by atoms with Gasteiger partial charge in [0.1, 0.15) is 6.04 Å². The molecule has 3 amide bonds. The van der Waals surface area contributed by atoms with Crippen molar-refractivity contribution in [3.8, 4) is 0 Å². The highest BCUT2D eigenvalue weighted by Gasteiger charge is 2.21. The summed E-state index contributed by atoms with van der Waals surface area (Å²) in [4.78, 5) is 32.9. The number of carboxylic acid groups (broad SMARTS) is 1. The average Bonchev–Trinajstić information content (AvgIpc) is 2.70. The number of urea groups is 1. The van der Waals surface area contributed by atoms with Crippen LogP contribution in [0.15, 0.2) is 12.3 Å². The lowest BCUT2D eigenvalue weighted by Gasteiger charge is -2.13. The fourth-order valence-electron chi connectivity index (χ4n) is 1.36. The molecule has 9 nitrogen and oxygen atoms in total. The summed E-state index contributed by atoms with van der Waals surface area (Å²) >= 11 is 0. The van der Waals surface area contributed by atoms with Gasteiger partial charge in [-0.1, -0.05) is 0 Å². The molecule has 0 spiro atoms. The molecule has 104 valence electrons. The first-order valence-corrected chi connectivity index (χ1v) is 5.42. The van der Waals surface area contributed by atoms with Crippen molar-refractivity contribution < 1.29 is 19.5 Å². The zero-order valence-corrected chi connectivity index (χ0v) is 10.3. The van der Waals surface area contributed by atoms with Crippen LogP contribution in [0.1, 0.15) is 12.1 Å². The number of nitrogens with one attached hydrogen (secondary N) is 2. The molecule has 19 heavy (non-hydrogen) atoms. The summed E-state index contributed by atoms with van der Waals surface area (Å²) in [6.07, 6.45) is 1.11. The second kappa shape index (κ2) is 6.38. The second-order valence-electron chi connectivity index (χ2n) is 3.83. The molecule has 0 aliphatic rings. The van der Waals surface area contributed by atoms with Gasteiger partial charge in [0.2, 0.25) is 5.91 Å². The van der Waals surface area contributed by atoms with Crippen LogP contribution < -0.4 is 16.4 Å². The number of aliphatic carboxylic acids is 1. The molecule has 0 aromatic carbocycles. The summed E-state index contributed by atoms with van der Waals surface area (Å²) in [5, 5.41) is 17.3. The zero-order chi connectivity index (χ0) is 14.4. The SMILES string of the molecule is Cn1nccc1CNC(=O)N[C@@H](CC(N)=O)C(=O)O. The summed E-state index contributed by atoms with van der Waals surface area (Å²) in [5.41, 5.74) is 5.64. The van der Waals surface area contributed by atoms with Gasteiger partial charge in [0, 0.05) is 13.2 Å². The van der Waals surface area contributed by atoms with Crippen LogP contribution in [0.25, 0.3) is 0 Å². The van der Waals surface area contributed by atoms with Crippen molar-refractivity contribution in [3.63, 3.8) is 0 Å². The van der Waals surface area contributed by atoms with E-state index in [0.717, 1.165) is 5.69 Å². The molecule has 1 atom stereocenters. The maximum Gasteiger partial charge on any atom is 0.326 e. The third kappa shape index (κ3) is 4.66. The van der Waals surface area contributed by atoms with Crippen molar-refractivity contribution in [1.29, 1.82) is 0 Å². The Balaban J connectivity index is 2.47. The lowest BCUT2D eigenvalue weighted by atomic mass is 10.2. The highest BCUT2D eigenvalue weighted by atomic mass is 16.4. The molecule has 0 bridgehead atoms. The van der Waals surface area contributed by atoms with E-state index >= 15 is 0 Å². The minimum Gasteiger partial charge on any atom is -0.480 e. The highest BCUT2D eigenvalue weighted by Crippen LogP contribution is 1.96. The molecule has 0 radical (unpaired) electrons. The highest BCUT2D eigenvalue weighted by molar-refractivity contribution is 5.87. The van der Waals surface area contributed by atoms with E-state index in [2.05, 4.69) is 15.7 Å². The number of hydrogen-bond donors (Lipinski definition) is 4. The van der Waals surface area contributed by atoms with Gasteiger partial charge >= 0.3 is 12.0 Å². The first kappa shape index (κ1) is 14.5. The molecule has 0 saturated carbocycles. The Bertz CT molecular complexity index is 484. The van der Waals surface area contributed by atoms with E-state index in [4.69, 9.17) is 10.8 Å². The van der Waals surface area contributed by atoms with E-state index in [1.807, 2.05) is 0 Å². The predicted molar refractivity (Wildman–Crippen MR) is 63.8 cm³/mol. The van der Waals surface area contributed by atoms with Crippen LogP contribution in [0.5, 0.6) is 0 Å². The molecule has 0 aliphatic carbocycles. The van der Waals surface area contributed by atoms with Crippen LogP contribution in [0, 0.1) is 0 Å². The number of amides is 3. The van der Waals surface area contributed by atoms with Gasteiger partial charge in [0.15, 0.2) is 0 Å². The molecule has 0 aliphatic heterocycles. The number of nitrogens with zero attached hydrogens (tertiary/aromatic N) is 2. The minimum absolute atomic E-state index is 0.186. The Hall–Kier alpha value is -2.58. The van der Waals surface area contributed by atoms with E-state index in [-0.39, 0.29) is 6.54 Å². The Morgan fingerprint density at radius 3 is 2.68 bits per heavy atom. The molecular weight excluding hydrogens is 254 g/mol. The van der Waals surface area contributed by atoms with E-state index in [0.29, 0.717) is 0 Å². The maximum atomic E-state index is 11.5. The molecule has 1 aromatic rings. The fourth-order valence-corrected chi connectivity index (χ4v) is 1.36. The number of primary amides is 1. The van der Waals surface area contributed by atoms with Crippen molar-refractivity contribution >= 4 is 17.9 Å². The number of aromatic nitrogens is 2. The fraction of sp³-hybridized carbons (Fsp3) is 0.400. The third-order valence-corrected chi connectivity index (χ3v) is 2.36. The van der Waals surface area contributed by atoms with Gasteiger partial charge in [-0.05, 0) is 6.07 Å². The second-order valence-corrected chi connectivity index (χ2v) is 3.83. The number of hydrogen-bond acceptors (Lipinski definition) is 4. The van der Waals surface area contributed by atoms with Gasteiger partial charge in [0.25, 0.3) is 0 Å². The van der Waals surface area contributed by atoms with E-state index < -0.39 is 30.4 Å². The lowest BCUT2D eigenvalue weighted by Crippen LogP contribution is -2.47. The molecule has 1 aromatic heterocycles. The largest absolute Gasteiger partial charge is 0.480 e. The molecule has 5 N–H and O–H groups in total. The van der Waals surface area contributed by atoms with Gasteiger partial charge in [-0.25, -0.2) is 9.59 Å². The van der Waals surface area contributed by atoms with Crippen molar-refractivity contribution in [2.24, 2.45) is 12.8 Å². The van der Waals surface area contributed by atoms with Crippen molar-refractivity contribution in [2.75, 3.05) is 0 Å². The third-order valence-electron chi connectivity index (χ3n) is 2.36. The minimum atomic E-state index is -1.34. The predicted octanol–water partition coefficient (Wildman–Crippen LogP) is -1.45. The van der Waals surface area contributed by atoms with Crippen LogP contribution in [0.4, 0.5) is 4.79 Å². The van der Waals surface area contributed by atoms with Crippen LogP contribution in [0.2, 0.25) is 0 Å². The number of rotatable bonds is 6. The monoisotopic (exact) mass is 269 g/mol. The Morgan fingerprint density at radius 1 is 1.53 bits per heavy atom. The van der Waals surface area contributed by atoms with Gasteiger partial charge in [-0.15, -0.1) is 0 Å². The number of carboxylic acids is 1. The topological polar surface area (TPSA) is 139 Å². The first-order chi connectivity index (χ1) is 8.90. The number of carbonyl (C=O) groups excluding carboxylic acids is 2. The van der Waals surface area contributed by atoms with E-state index in [9.17, 15) is 14.4 Å². The first-order valence-electron chi connectivity index (χ1n) is 5.42. The van der Waals surface area contributed by atoms with Gasteiger partial charge in [-0.3, -0.25) is 9.48 Å². The standard InChI is InChI=1S/C10H15N5O4/c1-15-6(2-3-13-15)5-12-10(19)14-7(9(17)18)4-8(11)16/h2-3,7H,4-5H2,1H3,(H2,11,16)(H,17,18)(H2,12,14,19)/t7-/m0/s1. The van der Waals surface area contributed by atoms with Crippen molar-refractivity contribution in [2.45, 2.75) is 19.0 Å². The molecule has 0 saturated heterocycles. The summed E-state index contributed by atoms with van der Waals surface area (Å²) < 4.78 is 1.57. The molecule has 1 heterocycles. The molecule has 9 heteroatoms. The van der Waals surface area contributed by atoms with Crippen LogP contribution in [0.3, 0.4) is 0 Å². The molecule has 0 unspecified atom stereocenters. The smallest absolute Gasteiger partial charge is 0.326 e. The van der Waals surface area contributed by atoms with Crippen molar-refractivity contribution in [3.05, 3.63) is 18.0 Å². The molecular formula is C10H15N5O4. The molecule has 1 rings (SSSR count). The van der Waals surface area contributed by atoms with Crippen LogP contribution in [-0.4, -0.2) is 38.8 Å². The zero-order valence-electron chi connectivity index (χ0n) is 10.3. The average molecular weight is 269 g/mol. The van der Waals surface area contributed by atoms with Gasteiger partial charge in [0.05, 0.1) is 18.7 Å². The van der Waals surface area contributed by atoms with Crippen LogP contribution >= 0.6 is 0 Å². The van der Waals surface area contributed by atoms with Crippen molar-refractivity contribution in [1.82, 2.24) is 20.4 Å². The summed E-state index contributed by atoms with van der Waals surface area (Å²) in [7, 11) is 1.71. The number of carbonyl (C=O) groups is 3. The van der Waals surface area contributed by atoms with Gasteiger partial charge < -0.3 is 21.5 Å². The summed E-state index contributed by atoms with van der Waals surface area (Å²) in [6, 6.07) is -0.336. The number of aryl methyl sites for hydroxylation is 1. The lowest BCUT2D eigenvalue weighted by molar-refractivity contribution is -0.140. The maximum absolute atomic E-state index is 11.5. The Kier molecular flexibility index (Phi) is 4.86. The molecule has 0 fully saturated rings.